The van der Waals surface area contributed by atoms with Crippen LogP contribution in [0.1, 0.15) is 63.9 Å². The summed E-state index contributed by atoms with van der Waals surface area (Å²) in [6.45, 7) is 3.00. The molecule has 5 heteroatoms. The van der Waals surface area contributed by atoms with E-state index in [-0.39, 0.29) is 6.61 Å². The molecule has 1 aromatic carbocycles. The number of methoxy groups -OCH3 is 1. The van der Waals surface area contributed by atoms with Gasteiger partial charge in [0.15, 0.2) is 11.5 Å². The van der Waals surface area contributed by atoms with Gasteiger partial charge in [-0.05, 0) is 49.0 Å². The second kappa shape index (κ2) is 13.2. The van der Waals surface area contributed by atoms with E-state index in [0.29, 0.717) is 24.5 Å². The Morgan fingerprint density at radius 1 is 1.08 bits per heavy atom. The number of aliphatic hydroxyl groups excluding tert-OH is 1. The Labute approximate surface area is 156 Å². The lowest BCUT2D eigenvalue weighted by Gasteiger charge is -2.14. The van der Waals surface area contributed by atoms with Crippen molar-refractivity contribution in [3.05, 3.63) is 29.8 Å². The molecule has 0 unspecified atom stereocenters. The van der Waals surface area contributed by atoms with E-state index in [1.807, 2.05) is 18.2 Å². The number of rotatable bonds is 14. The molecule has 1 aromatic rings. The number of unbranched alkanes of at least 4 members (excludes halogenated alkanes) is 5. The van der Waals surface area contributed by atoms with Gasteiger partial charge in [-0.2, -0.15) is 0 Å². The number of carboxylic acid groups (broad SMARTS) is 1. The highest BCUT2D eigenvalue weighted by Crippen LogP contribution is 2.32. The fourth-order valence-corrected chi connectivity index (χ4v) is 2.75. The van der Waals surface area contributed by atoms with Crippen LogP contribution >= 0.6 is 0 Å². The fourth-order valence-electron chi connectivity index (χ4n) is 2.75. The number of carbonyl (C=O) groups is 1. The van der Waals surface area contributed by atoms with Gasteiger partial charge < -0.3 is 19.7 Å². The predicted molar refractivity (Wildman–Crippen MR) is 104 cm³/mol. The minimum absolute atomic E-state index is 0.203. The normalized spacial score (nSPS) is 11.4. The molecule has 0 atom stereocenters. The molecule has 5 nitrogen and oxygen atoms in total. The number of benzene rings is 1. The summed E-state index contributed by atoms with van der Waals surface area (Å²) < 4.78 is 11.2. The first-order valence-electron chi connectivity index (χ1n) is 9.48. The van der Waals surface area contributed by atoms with Gasteiger partial charge in [0, 0.05) is 12.7 Å². The first-order valence-corrected chi connectivity index (χ1v) is 9.48. The number of allylic oxidation sites excluding steroid dienone is 1. The smallest absolute Gasteiger partial charge is 0.328 e. The number of ether oxygens (including phenoxy) is 2. The maximum atomic E-state index is 11.2. The van der Waals surface area contributed by atoms with E-state index >= 15 is 0 Å². The van der Waals surface area contributed by atoms with Crippen LogP contribution in [0.25, 0.3) is 5.57 Å². The summed E-state index contributed by atoms with van der Waals surface area (Å²) in [5.74, 6) is 0.356. The molecular weight excluding hydrogens is 332 g/mol. The van der Waals surface area contributed by atoms with Crippen LogP contribution in [0.2, 0.25) is 0 Å². The lowest BCUT2D eigenvalue weighted by molar-refractivity contribution is -0.131. The van der Waals surface area contributed by atoms with Crippen molar-refractivity contribution in [2.24, 2.45) is 0 Å². The summed E-state index contributed by atoms with van der Waals surface area (Å²) in [7, 11) is 1.59. The summed E-state index contributed by atoms with van der Waals surface area (Å²) >= 11 is 0. The van der Waals surface area contributed by atoms with Gasteiger partial charge in [-0.3, -0.25) is 0 Å². The number of hydrogen-bond donors (Lipinski definition) is 2. The maximum absolute atomic E-state index is 11.2. The van der Waals surface area contributed by atoms with Gasteiger partial charge in [0.05, 0.1) is 13.7 Å². The van der Waals surface area contributed by atoms with E-state index in [0.717, 1.165) is 56.1 Å². The largest absolute Gasteiger partial charge is 0.493 e. The molecule has 0 saturated heterocycles. The van der Waals surface area contributed by atoms with Gasteiger partial charge in [0.2, 0.25) is 0 Å². The van der Waals surface area contributed by atoms with Crippen molar-refractivity contribution in [3.8, 4) is 11.5 Å². The van der Waals surface area contributed by atoms with Crippen molar-refractivity contribution in [1.82, 2.24) is 0 Å². The van der Waals surface area contributed by atoms with E-state index in [4.69, 9.17) is 19.7 Å². The number of hydrogen-bond acceptors (Lipinski definition) is 4. The molecule has 0 aliphatic rings. The quantitative estimate of drug-likeness (QED) is 0.370. The van der Waals surface area contributed by atoms with Gasteiger partial charge in [-0.25, -0.2) is 4.79 Å². The van der Waals surface area contributed by atoms with Crippen molar-refractivity contribution < 1.29 is 24.5 Å². The molecular formula is C21H32O5. The predicted octanol–water partition coefficient (Wildman–Crippen LogP) is 4.68. The second-order valence-electron chi connectivity index (χ2n) is 6.32. The molecule has 2 N–H and O–H groups in total. The van der Waals surface area contributed by atoms with Crippen molar-refractivity contribution in [2.75, 3.05) is 20.3 Å². The fraction of sp³-hybridized carbons (Fsp3) is 0.571. The lowest BCUT2D eigenvalue weighted by atomic mass is 9.98. The number of aliphatic carboxylic acids is 1. The first kappa shape index (κ1) is 22.0. The molecule has 1 rings (SSSR count). The van der Waals surface area contributed by atoms with Crippen molar-refractivity contribution in [3.63, 3.8) is 0 Å². The summed E-state index contributed by atoms with van der Waals surface area (Å²) in [6, 6.07) is 5.58. The Balaban J connectivity index is 2.81. The van der Waals surface area contributed by atoms with Crippen molar-refractivity contribution in [1.29, 1.82) is 0 Å². The van der Waals surface area contributed by atoms with Crippen LogP contribution in [0, 0.1) is 0 Å². The number of carboxylic acids is 1. The van der Waals surface area contributed by atoms with Gasteiger partial charge in [-0.1, -0.05) is 38.7 Å². The zero-order chi connectivity index (χ0) is 19.2. The summed E-state index contributed by atoms with van der Waals surface area (Å²) in [5, 5.41) is 18.0. The van der Waals surface area contributed by atoms with Crippen LogP contribution in [0.3, 0.4) is 0 Å². The Hall–Kier alpha value is -2.01. The molecule has 0 spiro atoms. The molecule has 0 bridgehead atoms. The highest BCUT2D eigenvalue weighted by molar-refractivity contribution is 5.90. The third kappa shape index (κ3) is 8.39. The lowest BCUT2D eigenvalue weighted by Crippen LogP contribution is -2.00. The second-order valence-corrected chi connectivity index (χ2v) is 6.32. The van der Waals surface area contributed by atoms with Crippen molar-refractivity contribution >= 4 is 11.5 Å². The molecule has 0 radical (unpaired) electrons. The molecule has 0 aromatic heterocycles. The third-order valence-electron chi connectivity index (χ3n) is 4.19. The summed E-state index contributed by atoms with van der Waals surface area (Å²) in [4.78, 5) is 11.2. The summed E-state index contributed by atoms with van der Waals surface area (Å²) in [5.41, 5.74) is 1.62. The average Bonchev–Trinajstić information content (AvgIpc) is 2.64. The van der Waals surface area contributed by atoms with Crippen LogP contribution in [0.15, 0.2) is 24.3 Å². The Morgan fingerprint density at radius 2 is 1.85 bits per heavy atom. The Morgan fingerprint density at radius 3 is 2.50 bits per heavy atom. The van der Waals surface area contributed by atoms with Crippen LogP contribution in [-0.2, 0) is 4.79 Å². The maximum Gasteiger partial charge on any atom is 0.328 e. The van der Waals surface area contributed by atoms with E-state index in [9.17, 15) is 4.79 Å². The molecule has 0 aliphatic carbocycles. The van der Waals surface area contributed by atoms with Crippen LogP contribution < -0.4 is 9.47 Å². The molecule has 0 aliphatic heterocycles. The average molecular weight is 364 g/mol. The van der Waals surface area contributed by atoms with Gasteiger partial charge in [-0.15, -0.1) is 0 Å². The topological polar surface area (TPSA) is 76.0 Å². The molecule has 26 heavy (non-hydrogen) atoms. The van der Waals surface area contributed by atoms with Gasteiger partial charge in [0.25, 0.3) is 0 Å². The minimum Gasteiger partial charge on any atom is -0.493 e. The van der Waals surface area contributed by atoms with Gasteiger partial charge in [0.1, 0.15) is 0 Å². The summed E-state index contributed by atoms with van der Waals surface area (Å²) in [6.07, 6.45) is 8.80. The monoisotopic (exact) mass is 364 g/mol. The zero-order valence-corrected chi connectivity index (χ0v) is 16.0. The highest BCUT2D eigenvalue weighted by Gasteiger charge is 2.10. The van der Waals surface area contributed by atoms with Crippen molar-refractivity contribution in [2.45, 2.75) is 58.3 Å². The molecule has 0 amide bonds. The number of aliphatic hydroxyl groups is 1. The highest BCUT2D eigenvalue weighted by atomic mass is 16.5. The molecule has 146 valence electrons. The van der Waals surface area contributed by atoms with Crippen LogP contribution in [-0.4, -0.2) is 36.5 Å². The first-order chi connectivity index (χ1) is 12.6. The van der Waals surface area contributed by atoms with E-state index < -0.39 is 5.97 Å². The van der Waals surface area contributed by atoms with Gasteiger partial charge >= 0.3 is 5.97 Å². The standard InChI is InChI=1S/C21H32O5/c1-3-4-9-14-26-19-12-11-18(15-20(19)25-2)17(16-21(23)24)10-7-5-6-8-13-22/h11-12,15-16,22H,3-10,13-14H2,1-2H3,(H,23,24)/b17-16+. The molecule has 0 saturated carbocycles. The van der Waals surface area contributed by atoms with E-state index in [1.165, 1.54) is 6.08 Å². The SMILES string of the molecule is CCCCCOc1ccc(/C(=C/C(=O)O)CCCCCCO)cc1OC. The Bertz CT molecular complexity index is 566. The van der Waals surface area contributed by atoms with Crippen LogP contribution in [0.4, 0.5) is 0 Å². The molecule has 0 fully saturated rings. The van der Waals surface area contributed by atoms with E-state index in [1.54, 1.807) is 7.11 Å². The Kier molecular flexibility index (Phi) is 11.2. The third-order valence-corrected chi connectivity index (χ3v) is 4.19. The molecule has 0 heterocycles. The van der Waals surface area contributed by atoms with Crippen LogP contribution in [0.5, 0.6) is 11.5 Å². The van der Waals surface area contributed by atoms with E-state index in [2.05, 4.69) is 6.92 Å². The minimum atomic E-state index is -0.950. The zero-order valence-electron chi connectivity index (χ0n) is 16.0.